The SMILES string of the molecule is Cc1ccc(C=C2SC(=S)N(CN3CCN(c4ccccc4)CC3)C2=O)o1. The molecule has 1 aromatic heterocycles. The first kappa shape index (κ1) is 18.3. The molecule has 1 amide bonds. The van der Waals surface area contributed by atoms with Crippen molar-refractivity contribution in [2.45, 2.75) is 6.92 Å². The van der Waals surface area contributed by atoms with Crippen molar-refractivity contribution in [2.24, 2.45) is 0 Å². The van der Waals surface area contributed by atoms with E-state index in [0.29, 0.717) is 21.7 Å². The topological polar surface area (TPSA) is 39.9 Å². The number of para-hydroxylation sites is 1. The molecule has 3 heterocycles. The van der Waals surface area contributed by atoms with E-state index in [0.717, 1.165) is 31.9 Å². The van der Waals surface area contributed by atoms with Crippen LogP contribution in [0.15, 0.2) is 51.8 Å². The summed E-state index contributed by atoms with van der Waals surface area (Å²) < 4.78 is 6.16. The molecule has 140 valence electrons. The maximum atomic E-state index is 12.8. The molecule has 2 saturated heterocycles. The van der Waals surface area contributed by atoms with E-state index >= 15 is 0 Å². The minimum absolute atomic E-state index is 0.0375. The third kappa shape index (κ3) is 4.10. The van der Waals surface area contributed by atoms with Crippen LogP contribution in [0.5, 0.6) is 0 Å². The molecule has 0 radical (unpaired) electrons. The number of furan rings is 1. The third-order valence-corrected chi connectivity index (χ3v) is 6.12. The van der Waals surface area contributed by atoms with Gasteiger partial charge in [-0.05, 0) is 31.2 Å². The van der Waals surface area contributed by atoms with E-state index in [4.69, 9.17) is 16.6 Å². The summed E-state index contributed by atoms with van der Waals surface area (Å²) in [6.07, 6.45) is 1.78. The standard InChI is InChI=1S/C20H21N3O2S2/c1-15-7-8-17(25-15)13-18-19(24)23(20(26)27-18)14-21-9-11-22(12-10-21)16-5-3-2-4-6-16/h2-8,13H,9-12,14H2,1H3. The Morgan fingerprint density at radius 3 is 2.52 bits per heavy atom. The summed E-state index contributed by atoms with van der Waals surface area (Å²) in [7, 11) is 0. The van der Waals surface area contributed by atoms with Gasteiger partial charge in [-0.1, -0.05) is 42.2 Å². The molecule has 0 saturated carbocycles. The van der Waals surface area contributed by atoms with Gasteiger partial charge in [0.25, 0.3) is 5.91 Å². The fourth-order valence-corrected chi connectivity index (χ4v) is 4.49. The van der Waals surface area contributed by atoms with E-state index in [-0.39, 0.29) is 5.91 Å². The van der Waals surface area contributed by atoms with Gasteiger partial charge < -0.3 is 9.32 Å². The molecule has 2 aromatic rings. The number of thiocarbonyl (C=S) groups is 1. The van der Waals surface area contributed by atoms with Crippen LogP contribution in [0.3, 0.4) is 0 Å². The molecule has 0 bridgehead atoms. The van der Waals surface area contributed by atoms with Crippen molar-refractivity contribution in [3.63, 3.8) is 0 Å². The fourth-order valence-electron chi connectivity index (χ4n) is 3.27. The number of rotatable bonds is 4. The number of piperazine rings is 1. The Labute approximate surface area is 168 Å². The number of aryl methyl sites for hydroxylation is 1. The van der Waals surface area contributed by atoms with Crippen LogP contribution in [0.2, 0.25) is 0 Å². The molecule has 0 spiro atoms. The highest BCUT2D eigenvalue weighted by Crippen LogP contribution is 2.33. The van der Waals surface area contributed by atoms with Crippen LogP contribution < -0.4 is 4.90 Å². The van der Waals surface area contributed by atoms with Gasteiger partial charge in [-0.3, -0.25) is 14.6 Å². The number of amides is 1. The van der Waals surface area contributed by atoms with Crippen LogP contribution in [-0.2, 0) is 4.79 Å². The van der Waals surface area contributed by atoms with Crippen LogP contribution in [0.25, 0.3) is 6.08 Å². The number of anilines is 1. The van der Waals surface area contributed by atoms with Crippen molar-refractivity contribution < 1.29 is 9.21 Å². The predicted octanol–water partition coefficient (Wildman–Crippen LogP) is 3.57. The maximum Gasteiger partial charge on any atom is 0.267 e. The molecule has 5 nitrogen and oxygen atoms in total. The lowest BCUT2D eigenvalue weighted by molar-refractivity contribution is -0.123. The first-order chi connectivity index (χ1) is 13.1. The first-order valence-electron chi connectivity index (χ1n) is 8.94. The smallest absolute Gasteiger partial charge is 0.267 e. The lowest BCUT2D eigenvalue weighted by atomic mass is 10.2. The van der Waals surface area contributed by atoms with Gasteiger partial charge in [0.2, 0.25) is 0 Å². The van der Waals surface area contributed by atoms with Crippen molar-refractivity contribution in [3.05, 3.63) is 58.9 Å². The minimum atomic E-state index is -0.0375. The summed E-state index contributed by atoms with van der Waals surface area (Å²) >= 11 is 6.79. The number of hydrogen-bond acceptors (Lipinski definition) is 6. The van der Waals surface area contributed by atoms with Crippen molar-refractivity contribution in [1.29, 1.82) is 0 Å². The van der Waals surface area contributed by atoms with Gasteiger partial charge in [0.15, 0.2) is 0 Å². The summed E-state index contributed by atoms with van der Waals surface area (Å²) in [4.78, 5) is 19.7. The molecule has 27 heavy (non-hydrogen) atoms. The fraction of sp³-hybridized carbons (Fsp3) is 0.300. The molecule has 4 rings (SSSR count). The molecular formula is C20H21N3O2S2. The average Bonchev–Trinajstić information content (AvgIpc) is 3.21. The average molecular weight is 400 g/mol. The van der Waals surface area contributed by atoms with Crippen molar-refractivity contribution in [1.82, 2.24) is 9.80 Å². The van der Waals surface area contributed by atoms with Crippen molar-refractivity contribution in [3.8, 4) is 0 Å². The van der Waals surface area contributed by atoms with Crippen LogP contribution in [0.1, 0.15) is 11.5 Å². The summed E-state index contributed by atoms with van der Waals surface area (Å²) in [6, 6.07) is 14.2. The molecule has 0 atom stereocenters. The zero-order chi connectivity index (χ0) is 18.8. The molecule has 7 heteroatoms. The number of nitrogens with zero attached hydrogens (tertiary/aromatic N) is 3. The Hall–Kier alpha value is -2.09. The number of carbonyl (C=O) groups excluding carboxylic acids is 1. The zero-order valence-electron chi connectivity index (χ0n) is 15.1. The summed E-state index contributed by atoms with van der Waals surface area (Å²) in [5.74, 6) is 1.47. The van der Waals surface area contributed by atoms with Gasteiger partial charge in [0.1, 0.15) is 15.8 Å². The van der Waals surface area contributed by atoms with Crippen LogP contribution in [0.4, 0.5) is 5.69 Å². The lowest BCUT2D eigenvalue weighted by Crippen LogP contribution is -2.50. The second kappa shape index (κ2) is 7.88. The number of carbonyl (C=O) groups is 1. The highest BCUT2D eigenvalue weighted by Gasteiger charge is 2.34. The van der Waals surface area contributed by atoms with Crippen molar-refractivity contribution >= 4 is 46.0 Å². The largest absolute Gasteiger partial charge is 0.462 e. The van der Waals surface area contributed by atoms with E-state index in [2.05, 4.69) is 34.1 Å². The van der Waals surface area contributed by atoms with E-state index in [9.17, 15) is 4.79 Å². The molecule has 0 N–H and O–H groups in total. The van der Waals surface area contributed by atoms with E-state index in [1.165, 1.54) is 17.4 Å². The number of hydrogen-bond donors (Lipinski definition) is 0. The normalized spacial score (nSPS) is 20.1. The summed E-state index contributed by atoms with van der Waals surface area (Å²) in [5.41, 5.74) is 1.25. The van der Waals surface area contributed by atoms with E-state index in [1.807, 2.05) is 25.1 Å². The second-order valence-electron chi connectivity index (χ2n) is 6.64. The Bertz CT molecular complexity index is 870. The van der Waals surface area contributed by atoms with Gasteiger partial charge in [-0.25, -0.2) is 0 Å². The molecule has 1 aromatic carbocycles. The molecule has 0 unspecified atom stereocenters. The Morgan fingerprint density at radius 1 is 1.11 bits per heavy atom. The van der Waals surface area contributed by atoms with Crippen LogP contribution in [0, 0.1) is 6.92 Å². The van der Waals surface area contributed by atoms with Crippen LogP contribution >= 0.6 is 24.0 Å². The predicted molar refractivity (Wildman–Crippen MR) is 114 cm³/mol. The molecule has 2 fully saturated rings. The molecular weight excluding hydrogens is 378 g/mol. The molecule has 2 aliphatic heterocycles. The summed E-state index contributed by atoms with van der Waals surface area (Å²) in [5, 5.41) is 0. The van der Waals surface area contributed by atoms with Gasteiger partial charge in [0.05, 0.1) is 11.6 Å². The second-order valence-corrected chi connectivity index (χ2v) is 8.32. The Morgan fingerprint density at radius 2 is 1.85 bits per heavy atom. The third-order valence-electron chi connectivity index (χ3n) is 4.74. The quantitative estimate of drug-likeness (QED) is 0.578. The summed E-state index contributed by atoms with van der Waals surface area (Å²) in [6.45, 7) is 6.13. The Balaban J connectivity index is 1.37. The highest BCUT2D eigenvalue weighted by molar-refractivity contribution is 8.26. The highest BCUT2D eigenvalue weighted by atomic mass is 32.2. The maximum absolute atomic E-state index is 12.8. The van der Waals surface area contributed by atoms with E-state index < -0.39 is 0 Å². The van der Waals surface area contributed by atoms with Crippen molar-refractivity contribution in [2.75, 3.05) is 37.7 Å². The van der Waals surface area contributed by atoms with Gasteiger partial charge in [-0.2, -0.15) is 0 Å². The Kier molecular flexibility index (Phi) is 5.33. The minimum Gasteiger partial charge on any atom is -0.462 e. The van der Waals surface area contributed by atoms with E-state index in [1.54, 1.807) is 11.0 Å². The van der Waals surface area contributed by atoms with Gasteiger partial charge in [-0.15, -0.1) is 0 Å². The monoisotopic (exact) mass is 399 g/mol. The van der Waals surface area contributed by atoms with Crippen LogP contribution in [-0.4, -0.2) is 52.9 Å². The number of benzene rings is 1. The lowest BCUT2D eigenvalue weighted by Gasteiger charge is -2.37. The van der Waals surface area contributed by atoms with Gasteiger partial charge >= 0.3 is 0 Å². The molecule has 2 aliphatic rings. The number of thioether (sulfide) groups is 1. The van der Waals surface area contributed by atoms with Gasteiger partial charge in [0, 0.05) is 37.9 Å². The zero-order valence-corrected chi connectivity index (χ0v) is 16.8. The first-order valence-corrected chi connectivity index (χ1v) is 10.2. The molecule has 0 aliphatic carbocycles.